The summed E-state index contributed by atoms with van der Waals surface area (Å²) in [5, 5.41) is 0. The first-order valence-corrected chi connectivity index (χ1v) is 10.6. The van der Waals surface area contributed by atoms with Crippen molar-refractivity contribution in [3.05, 3.63) is 108 Å². The van der Waals surface area contributed by atoms with Gasteiger partial charge in [-0.3, -0.25) is 9.59 Å². The van der Waals surface area contributed by atoms with E-state index in [0.717, 1.165) is 16.7 Å². The molecule has 0 unspecified atom stereocenters. The lowest BCUT2D eigenvalue weighted by molar-refractivity contribution is -0.151. The van der Waals surface area contributed by atoms with Gasteiger partial charge in [-0.2, -0.15) is 0 Å². The lowest BCUT2D eigenvalue weighted by atomic mass is 9.74. The van der Waals surface area contributed by atoms with Crippen LogP contribution in [0.15, 0.2) is 91.0 Å². The van der Waals surface area contributed by atoms with Gasteiger partial charge in [0, 0.05) is 11.8 Å². The molecule has 3 aromatic carbocycles. The summed E-state index contributed by atoms with van der Waals surface area (Å²) in [5.74, 6) is -0.263. The maximum absolute atomic E-state index is 13.7. The number of rotatable bonds is 4. The minimum Gasteiger partial charge on any atom is -0.327 e. The van der Waals surface area contributed by atoms with Crippen molar-refractivity contribution >= 4 is 11.7 Å². The normalized spacial score (nSPS) is 23.9. The van der Waals surface area contributed by atoms with Gasteiger partial charge in [0.2, 0.25) is 5.91 Å². The van der Waals surface area contributed by atoms with E-state index in [1.54, 1.807) is 0 Å². The molecular formula is C27H27NO2. The Kier molecular flexibility index (Phi) is 5.80. The molecular weight excluding hydrogens is 370 g/mol. The largest absolute Gasteiger partial charge is 0.327 e. The number of Topliss-reactive ketones (excluding diaryl/α,β-unsaturated/α-hetero) is 1. The zero-order chi connectivity index (χ0) is 21.1. The fraction of sp³-hybridized carbons (Fsp3) is 0.259. The second-order valence-corrected chi connectivity index (χ2v) is 8.15. The molecule has 30 heavy (non-hydrogen) atoms. The summed E-state index contributed by atoms with van der Waals surface area (Å²) in [4.78, 5) is 29.0. The highest BCUT2D eigenvalue weighted by molar-refractivity contribution is 5.89. The van der Waals surface area contributed by atoms with Gasteiger partial charge in [-0.1, -0.05) is 105 Å². The van der Waals surface area contributed by atoms with Crippen LogP contribution in [0.4, 0.5) is 0 Å². The Labute approximate surface area is 178 Å². The lowest BCUT2D eigenvalue weighted by Gasteiger charge is -2.48. The predicted molar refractivity (Wildman–Crippen MR) is 119 cm³/mol. The summed E-state index contributed by atoms with van der Waals surface area (Å²) >= 11 is 0. The summed E-state index contributed by atoms with van der Waals surface area (Å²) in [6.45, 7) is 3.92. The van der Waals surface area contributed by atoms with Gasteiger partial charge in [0.25, 0.3) is 0 Å². The number of hydrogen-bond acceptors (Lipinski definition) is 2. The van der Waals surface area contributed by atoms with Crippen molar-refractivity contribution in [2.75, 3.05) is 0 Å². The third kappa shape index (κ3) is 3.80. The Morgan fingerprint density at radius 1 is 0.700 bits per heavy atom. The van der Waals surface area contributed by atoms with Crippen LogP contribution in [0, 0.1) is 11.8 Å². The average molecular weight is 398 g/mol. The number of carbonyl (C=O) groups excluding carboxylic acids is 2. The van der Waals surface area contributed by atoms with Gasteiger partial charge < -0.3 is 4.90 Å². The molecule has 1 heterocycles. The van der Waals surface area contributed by atoms with Crippen molar-refractivity contribution in [3.63, 3.8) is 0 Å². The van der Waals surface area contributed by atoms with Gasteiger partial charge in [-0.15, -0.1) is 0 Å². The van der Waals surface area contributed by atoms with Crippen molar-refractivity contribution in [3.8, 4) is 0 Å². The third-order valence-electron chi connectivity index (χ3n) is 6.21. The highest BCUT2D eigenvalue weighted by Gasteiger charge is 2.47. The van der Waals surface area contributed by atoms with Gasteiger partial charge >= 0.3 is 0 Å². The number of carbonyl (C=O) groups is 2. The van der Waals surface area contributed by atoms with Crippen LogP contribution in [0.2, 0.25) is 0 Å². The highest BCUT2D eigenvalue weighted by atomic mass is 16.2. The van der Waals surface area contributed by atoms with Gasteiger partial charge in [-0.25, -0.2) is 0 Å². The molecule has 0 N–H and O–H groups in total. The maximum atomic E-state index is 13.7. The van der Waals surface area contributed by atoms with Gasteiger partial charge in [0.1, 0.15) is 5.78 Å². The smallest absolute Gasteiger partial charge is 0.228 e. The molecule has 0 spiro atoms. The van der Waals surface area contributed by atoms with E-state index in [2.05, 4.69) is 0 Å². The molecule has 0 radical (unpaired) electrons. The number of ketones is 1. The van der Waals surface area contributed by atoms with Crippen molar-refractivity contribution in [2.45, 2.75) is 32.4 Å². The first-order valence-electron chi connectivity index (χ1n) is 10.6. The zero-order valence-corrected chi connectivity index (χ0v) is 17.4. The second-order valence-electron chi connectivity index (χ2n) is 8.15. The molecule has 3 nitrogen and oxygen atoms in total. The lowest BCUT2D eigenvalue weighted by Crippen LogP contribution is -2.52. The Hall–Kier alpha value is -3.20. The Bertz CT molecular complexity index is 945. The van der Waals surface area contributed by atoms with Crippen LogP contribution in [0.25, 0.3) is 0 Å². The summed E-state index contributed by atoms with van der Waals surface area (Å²) in [7, 11) is 0. The quantitative estimate of drug-likeness (QED) is 0.591. The Morgan fingerprint density at radius 2 is 1.10 bits per heavy atom. The number of amides is 1. The van der Waals surface area contributed by atoms with Gasteiger partial charge in [0.15, 0.2) is 0 Å². The molecule has 0 bridgehead atoms. The molecule has 152 valence electrons. The molecule has 3 aromatic rings. The van der Waals surface area contributed by atoms with E-state index < -0.39 is 0 Å². The van der Waals surface area contributed by atoms with E-state index >= 15 is 0 Å². The Balaban J connectivity index is 1.82. The van der Waals surface area contributed by atoms with Crippen LogP contribution in [0.1, 0.15) is 42.6 Å². The first kappa shape index (κ1) is 20.1. The van der Waals surface area contributed by atoms with Gasteiger partial charge in [0.05, 0.1) is 18.5 Å². The predicted octanol–water partition coefficient (Wildman–Crippen LogP) is 5.40. The summed E-state index contributed by atoms with van der Waals surface area (Å²) in [5.41, 5.74) is 3.00. The SMILES string of the molecule is C[C@@H]1C(=O)[C@H](C)[C@@H](c2ccccc2)N(C(=O)Cc2ccccc2)[C@H]1c1ccccc1. The monoisotopic (exact) mass is 397 g/mol. The van der Waals surface area contributed by atoms with Crippen molar-refractivity contribution in [2.24, 2.45) is 11.8 Å². The van der Waals surface area contributed by atoms with Crippen LogP contribution in [0.5, 0.6) is 0 Å². The summed E-state index contributed by atoms with van der Waals surface area (Å²) < 4.78 is 0. The molecule has 1 aliphatic heterocycles. The summed E-state index contributed by atoms with van der Waals surface area (Å²) in [6.07, 6.45) is 0.321. The van der Waals surface area contributed by atoms with Crippen molar-refractivity contribution in [1.82, 2.24) is 4.90 Å². The molecule has 4 atom stereocenters. The van der Waals surface area contributed by atoms with Crippen LogP contribution in [0.3, 0.4) is 0 Å². The third-order valence-corrected chi connectivity index (χ3v) is 6.21. The topological polar surface area (TPSA) is 37.4 Å². The Morgan fingerprint density at radius 3 is 1.53 bits per heavy atom. The maximum Gasteiger partial charge on any atom is 0.228 e. The molecule has 1 amide bonds. The average Bonchev–Trinajstić information content (AvgIpc) is 2.79. The zero-order valence-electron chi connectivity index (χ0n) is 17.4. The van der Waals surface area contributed by atoms with Crippen LogP contribution in [-0.4, -0.2) is 16.6 Å². The van der Waals surface area contributed by atoms with E-state index in [4.69, 9.17) is 0 Å². The number of benzene rings is 3. The van der Waals surface area contributed by atoms with Crippen LogP contribution in [-0.2, 0) is 16.0 Å². The van der Waals surface area contributed by atoms with E-state index in [0.29, 0.717) is 6.42 Å². The molecule has 3 heteroatoms. The van der Waals surface area contributed by atoms with E-state index in [9.17, 15) is 9.59 Å². The minimum absolute atomic E-state index is 0.0510. The van der Waals surface area contributed by atoms with Gasteiger partial charge in [-0.05, 0) is 16.7 Å². The highest BCUT2D eigenvalue weighted by Crippen LogP contribution is 2.46. The molecule has 0 aliphatic carbocycles. The fourth-order valence-electron chi connectivity index (χ4n) is 4.75. The molecule has 1 fully saturated rings. The minimum atomic E-state index is -0.281. The van der Waals surface area contributed by atoms with Crippen molar-refractivity contribution < 1.29 is 9.59 Å². The number of nitrogens with zero attached hydrogens (tertiary/aromatic N) is 1. The summed E-state index contributed by atoms with van der Waals surface area (Å²) in [6, 6.07) is 29.2. The standard InChI is InChI=1S/C27H27NO2/c1-19-25(22-14-8-4-9-15-22)28(24(29)18-21-12-6-3-7-13-21)26(20(2)27(19)30)23-16-10-5-11-17-23/h3-17,19-20,25-26H,18H2,1-2H3/t19-,20+,25+,26-. The van der Waals surface area contributed by atoms with Crippen molar-refractivity contribution in [1.29, 1.82) is 0 Å². The number of likely N-dealkylation sites (tertiary alicyclic amines) is 1. The van der Waals surface area contributed by atoms with E-state index in [-0.39, 0.29) is 35.6 Å². The molecule has 4 rings (SSSR count). The van der Waals surface area contributed by atoms with Crippen LogP contribution >= 0.6 is 0 Å². The first-order chi connectivity index (χ1) is 14.6. The fourth-order valence-corrected chi connectivity index (χ4v) is 4.75. The number of piperidine rings is 1. The van der Waals surface area contributed by atoms with E-state index in [1.165, 1.54) is 0 Å². The molecule has 1 aliphatic rings. The number of hydrogen-bond donors (Lipinski definition) is 0. The van der Waals surface area contributed by atoms with E-state index in [1.807, 2.05) is 110 Å². The molecule has 0 saturated carbocycles. The molecule has 0 aromatic heterocycles. The molecule has 1 saturated heterocycles. The van der Waals surface area contributed by atoms with Crippen LogP contribution < -0.4 is 0 Å². The second kappa shape index (κ2) is 8.66.